The molecule has 1 aromatic rings. The largest absolute Gasteiger partial charge is 0.385 e. The van der Waals surface area contributed by atoms with Crippen molar-refractivity contribution in [3.05, 3.63) is 34.9 Å². The fraction of sp³-hybridized carbons (Fsp3) is 0.611. The number of piperazine rings is 1. The van der Waals surface area contributed by atoms with E-state index in [1.165, 1.54) is 0 Å². The number of carbonyl (C=O) groups excluding carboxylic acids is 1. The van der Waals surface area contributed by atoms with E-state index in [1.54, 1.807) is 7.11 Å². The average molecular weight is 354 g/mol. The molecule has 6 heteroatoms. The van der Waals surface area contributed by atoms with Gasteiger partial charge in [-0.05, 0) is 44.0 Å². The summed E-state index contributed by atoms with van der Waals surface area (Å²) in [5.41, 5.74) is 1.06. The van der Waals surface area contributed by atoms with Crippen LogP contribution in [0.25, 0.3) is 0 Å². The van der Waals surface area contributed by atoms with Crippen LogP contribution in [0.3, 0.4) is 0 Å². The van der Waals surface area contributed by atoms with Gasteiger partial charge in [0.2, 0.25) is 0 Å². The maximum absolute atomic E-state index is 12.4. The number of methoxy groups -OCH3 is 1. The highest BCUT2D eigenvalue weighted by Crippen LogP contribution is 2.16. The van der Waals surface area contributed by atoms with E-state index in [1.807, 2.05) is 36.1 Å². The van der Waals surface area contributed by atoms with Crippen LogP contribution in [0.4, 0.5) is 4.79 Å². The molecule has 0 aromatic heterocycles. The topological polar surface area (TPSA) is 44.8 Å². The number of amides is 2. The first-order valence-electron chi connectivity index (χ1n) is 8.62. The minimum absolute atomic E-state index is 0.0106. The van der Waals surface area contributed by atoms with Gasteiger partial charge in [-0.25, -0.2) is 4.79 Å². The van der Waals surface area contributed by atoms with E-state index in [9.17, 15) is 4.79 Å². The predicted octanol–water partition coefficient (Wildman–Crippen LogP) is 3.15. The van der Waals surface area contributed by atoms with Gasteiger partial charge in [-0.3, -0.25) is 4.90 Å². The number of benzene rings is 1. The van der Waals surface area contributed by atoms with Crippen LogP contribution < -0.4 is 5.32 Å². The molecule has 0 aliphatic carbocycles. The summed E-state index contributed by atoms with van der Waals surface area (Å²) in [4.78, 5) is 16.7. The van der Waals surface area contributed by atoms with Crippen LogP contribution in [0.5, 0.6) is 0 Å². The Labute approximate surface area is 149 Å². The molecule has 1 aromatic carbocycles. The summed E-state index contributed by atoms with van der Waals surface area (Å²) in [6.45, 7) is 7.34. The molecule has 24 heavy (non-hydrogen) atoms. The summed E-state index contributed by atoms with van der Waals surface area (Å²) in [6.07, 6.45) is 2.24. The Morgan fingerprint density at radius 1 is 1.21 bits per heavy atom. The molecule has 0 spiro atoms. The summed E-state index contributed by atoms with van der Waals surface area (Å²) in [5, 5.41) is 3.78. The molecule has 1 aliphatic rings. The summed E-state index contributed by atoms with van der Waals surface area (Å²) >= 11 is 5.90. The lowest BCUT2D eigenvalue weighted by atomic mass is 10.1. The van der Waals surface area contributed by atoms with Gasteiger partial charge in [0.25, 0.3) is 0 Å². The van der Waals surface area contributed by atoms with Crippen LogP contribution in [0.1, 0.15) is 31.4 Å². The first kappa shape index (κ1) is 19.0. The first-order valence-corrected chi connectivity index (χ1v) is 9.00. The normalized spacial score (nSPS) is 16.9. The van der Waals surface area contributed by atoms with Crippen molar-refractivity contribution >= 4 is 17.6 Å². The van der Waals surface area contributed by atoms with E-state index < -0.39 is 0 Å². The highest BCUT2D eigenvalue weighted by Gasteiger charge is 2.22. The smallest absolute Gasteiger partial charge is 0.317 e. The Balaban J connectivity index is 1.71. The predicted molar refractivity (Wildman–Crippen MR) is 97.5 cm³/mol. The van der Waals surface area contributed by atoms with Crippen molar-refractivity contribution < 1.29 is 9.53 Å². The van der Waals surface area contributed by atoms with Gasteiger partial charge in [-0.2, -0.15) is 0 Å². The third kappa shape index (κ3) is 5.96. The Morgan fingerprint density at radius 3 is 2.50 bits per heavy atom. The van der Waals surface area contributed by atoms with Gasteiger partial charge in [0.15, 0.2) is 0 Å². The quantitative estimate of drug-likeness (QED) is 0.766. The van der Waals surface area contributed by atoms with Gasteiger partial charge < -0.3 is 15.0 Å². The van der Waals surface area contributed by atoms with Gasteiger partial charge >= 0.3 is 6.03 Å². The zero-order valence-electron chi connectivity index (χ0n) is 14.6. The molecule has 0 radical (unpaired) electrons. The lowest BCUT2D eigenvalue weighted by molar-refractivity contribution is 0.132. The van der Waals surface area contributed by atoms with Crippen molar-refractivity contribution in [2.45, 2.75) is 25.8 Å². The molecule has 2 amide bonds. The zero-order valence-corrected chi connectivity index (χ0v) is 15.4. The van der Waals surface area contributed by atoms with Crippen LogP contribution >= 0.6 is 11.6 Å². The van der Waals surface area contributed by atoms with Crippen molar-refractivity contribution in [1.29, 1.82) is 0 Å². The van der Waals surface area contributed by atoms with E-state index in [0.717, 1.165) is 57.7 Å². The molecule has 134 valence electrons. The van der Waals surface area contributed by atoms with Crippen LogP contribution in [0, 0.1) is 0 Å². The Hall–Kier alpha value is -1.30. The molecular formula is C18H28ClN3O2. The molecule has 2 rings (SSSR count). The highest BCUT2D eigenvalue weighted by atomic mass is 35.5. The fourth-order valence-corrected chi connectivity index (χ4v) is 2.99. The second-order valence-electron chi connectivity index (χ2n) is 6.25. The summed E-state index contributed by atoms with van der Waals surface area (Å²) in [6, 6.07) is 7.58. The number of nitrogens with zero attached hydrogens (tertiary/aromatic N) is 2. The fourth-order valence-electron chi connectivity index (χ4n) is 2.87. The molecular weight excluding hydrogens is 326 g/mol. The van der Waals surface area contributed by atoms with Crippen LogP contribution in [-0.4, -0.2) is 62.3 Å². The van der Waals surface area contributed by atoms with E-state index in [2.05, 4.69) is 10.2 Å². The molecule has 1 heterocycles. The minimum Gasteiger partial charge on any atom is -0.385 e. The minimum atomic E-state index is -0.0261. The van der Waals surface area contributed by atoms with Crippen molar-refractivity contribution in [2.24, 2.45) is 0 Å². The number of unbranched alkanes of at least 4 members (excludes halogenated alkanes) is 1. The molecule has 1 N–H and O–H groups in total. The van der Waals surface area contributed by atoms with Crippen molar-refractivity contribution in [3.8, 4) is 0 Å². The number of urea groups is 1. The molecule has 0 bridgehead atoms. The van der Waals surface area contributed by atoms with Crippen molar-refractivity contribution in [3.63, 3.8) is 0 Å². The van der Waals surface area contributed by atoms with Gasteiger partial charge in [0.05, 0.1) is 6.04 Å². The monoisotopic (exact) mass is 353 g/mol. The number of halogens is 1. The molecule has 0 unspecified atom stereocenters. The lowest BCUT2D eigenvalue weighted by Crippen LogP contribution is -2.52. The number of hydrogen-bond donors (Lipinski definition) is 1. The molecule has 1 atom stereocenters. The van der Waals surface area contributed by atoms with Crippen molar-refractivity contribution in [2.75, 3.05) is 46.4 Å². The molecule has 1 saturated heterocycles. The SMILES string of the molecule is COCCCCN1CCN(C(=O)N[C@@H](C)c2ccc(Cl)cc2)CC1. The second kappa shape index (κ2) is 9.87. The number of hydrogen-bond acceptors (Lipinski definition) is 3. The van der Waals surface area contributed by atoms with E-state index in [0.29, 0.717) is 5.02 Å². The molecule has 1 fully saturated rings. The van der Waals surface area contributed by atoms with E-state index >= 15 is 0 Å². The number of ether oxygens (including phenoxy) is 1. The van der Waals surface area contributed by atoms with Gasteiger partial charge in [-0.1, -0.05) is 23.7 Å². The maximum Gasteiger partial charge on any atom is 0.317 e. The standard InChI is InChI=1S/C18H28ClN3O2/c1-15(16-5-7-17(19)8-6-16)20-18(23)22-12-10-21(11-13-22)9-3-4-14-24-2/h5-8,15H,3-4,9-14H2,1-2H3,(H,20,23)/t15-/m0/s1. The number of rotatable bonds is 7. The summed E-state index contributed by atoms with van der Waals surface area (Å²) in [5.74, 6) is 0. The number of carbonyl (C=O) groups is 1. The summed E-state index contributed by atoms with van der Waals surface area (Å²) in [7, 11) is 1.74. The van der Waals surface area contributed by atoms with Crippen LogP contribution in [0.15, 0.2) is 24.3 Å². The number of nitrogens with one attached hydrogen (secondary N) is 1. The third-order valence-electron chi connectivity index (χ3n) is 4.44. The van der Waals surface area contributed by atoms with Gasteiger partial charge in [0.1, 0.15) is 0 Å². The van der Waals surface area contributed by atoms with Crippen molar-refractivity contribution in [1.82, 2.24) is 15.1 Å². The third-order valence-corrected chi connectivity index (χ3v) is 4.69. The van der Waals surface area contributed by atoms with Gasteiger partial charge in [0, 0.05) is 44.9 Å². The maximum atomic E-state index is 12.4. The second-order valence-corrected chi connectivity index (χ2v) is 6.69. The lowest BCUT2D eigenvalue weighted by Gasteiger charge is -2.35. The van der Waals surface area contributed by atoms with Gasteiger partial charge in [-0.15, -0.1) is 0 Å². The Morgan fingerprint density at radius 2 is 1.88 bits per heavy atom. The van der Waals surface area contributed by atoms with Crippen LogP contribution in [-0.2, 0) is 4.74 Å². The van der Waals surface area contributed by atoms with Crippen LogP contribution in [0.2, 0.25) is 5.02 Å². The average Bonchev–Trinajstić information content (AvgIpc) is 2.59. The summed E-state index contributed by atoms with van der Waals surface area (Å²) < 4.78 is 5.07. The highest BCUT2D eigenvalue weighted by molar-refractivity contribution is 6.30. The Kier molecular flexibility index (Phi) is 7.82. The molecule has 5 nitrogen and oxygen atoms in total. The molecule has 1 aliphatic heterocycles. The van der Waals surface area contributed by atoms with E-state index in [4.69, 9.17) is 16.3 Å². The molecule has 0 saturated carbocycles. The van der Waals surface area contributed by atoms with E-state index in [-0.39, 0.29) is 12.1 Å². The zero-order chi connectivity index (χ0) is 17.4. The Bertz CT molecular complexity index is 501. The first-order chi connectivity index (χ1) is 11.6.